The Morgan fingerprint density at radius 1 is 0.909 bits per heavy atom. The van der Waals surface area contributed by atoms with Crippen molar-refractivity contribution in [1.29, 1.82) is 0 Å². The van der Waals surface area contributed by atoms with Crippen molar-refractivity contribution < 1.29 is 19.0 Å². The van der Waals surface area contributed by atoms with Gasteiger partial charge in [0, 0.05) is 11.3 Å². The van der Waals surface area contributed by atoms with Gasteiger partial charge in [-0.05, 0) is 48.9 Å². The van der Waals surface area contributed by atoms with Crippen molar-refractivity contribution in [3.8, 4) is 17.2 Å². The van der Waals surface area contributed by atoms with E-state index >= 15 is 0 Å². The first kappa shape index (κ1) is 15.7. The Morgan fingerprint density at radius 2 is 1.50 bits per heavy atom. The molecule has 1 N–H and O–H groups in total. The molecule has 2 rings (SSSR count). The molecule has 0 bridgehead atoms. The molecule has 0 fully saturated rings. The minimum Gasteiger partial charge on any atom is -0.497 e. The molecule has 0 heterocycles. The van der Waals surface area contributed by atoms with Gasteiger partial charge in [0.25, 0.3) is 5.91 Å². The number of methoxy groups -OCH3 is 3. The zero-order valence-corrected chi connectivity index (χ0v) is 13.1. The maximum Gasteiger partial charge on any atom is 0.256 e. The lowest BCUT2D eigenvalue weighted by Gasteiger charge is -2.13. The van der Waals surface area contributed by atoms with Gasteiger partial charge in [0.2, 0.25) is 0 Å². The number of carbonyl (C=O) groups is 1. The summed E-state index contributed by atoms with van der Waals surface area (Å²) < 4.78 is 15.6. The summed E-state index contributed by atoms with van der Waals surface area (Å²) in [5.41, 5.74) is 2.04. The summed E-state index contributed by atoms with van der Waals surface area (Å²) in [5.74, 6) is 1.65. The number of rotatable bonds is 5. The van der Waals surface area contributed by atoms with Crippen molar-refractivity contribution in [1.82, 2.24) is 0 Å². The van der Waals surface area contributed by atoms with E-state index in [0.717, 1.165) is 11.3 Å². The van der Waals surface area contributed by atoms with Crippen molar-refractivity contribution >= 4 is 11.6 Å². The van der Waals surface area contributed by atoms with E-state index in [-0.39, 0.29) is 5.91 Å². The van der Waals surface area contributed by atoms with Crippen LogP contribution in [0.25, 0.3) is 0 Å². The summed E-state index contributed by atoms with van der Waals surface area (Å²) in [6.45, 7) is 1.85. The SMILES string of the molecule is COc1ccc(NC(=O)c2cc(OC)c(OC)cc2C)cc1. The maximum atomic E-state index is 12.4. The Morgan fingerprint density at radius 3 is 2.05 bits per heavy atom. The second-order valence-corrected chi connectivity index (χ2v) is 4.70. The number of amides is 1. The Balaban J connectivity index is 2.24. The summed E-state index contributed by atoms with van der Waals surface area (Å²) in [5, 5.41) is 2.85. The van der Waals surface area contributed by atoms with Gasteiger partial charge in [-0.15, -0.1) is 0 Å². The average Bonchev–Trinajstić information content (AvgIpc) is 2.55. The van der Waals surface area contributed by atoms with Gasteiger partial charge in [0.15, 0.2) is 11.5 Å². The van der Waals surface area contributed by atoms with Crippen molar-refractivity contribution in [2.45, 2.75) is 6.92 Å². The first-order chi connectivity index (χ1) is 10.6. The van der Waals surface area contributed by atoms with E-state index in [0.29, 0.717) is 22.7 Å². The molecule has 2 aromatic carbocycles. The molecule has 116 valence electrons. The van der Waals surface area contributed by atoms with Crippen LogP contribution in [-0.4, -0.2) is 27.2 Å². The maximum absolute atomic E-state index is 12.4. The predicted octanol–water partition coefficient (Wildman–Crippen LogP) is 3.27. The van der Waals surface area contributed by atoms with Gasteiger partial charge in [0.05, 0.1) is 21.3 Å². The van der Waals surface area contributed by atoms with E-state index in [1.165, 1.54) is 0 Å². The summed E-state index contributed by atoms with van der Waals surface area (Å²) >= 11 is 0. The van der Waals surface area contributed by atoms with Crippen molar-refractivity contribution in [3.63, 3.8) is 0 Å². The van der Waals surface area contributed by atoms with Crippen LogP contribution in [0.5, 0.6) is 17.2 Å². The Bertz CT molecular complexity index is 665. The molecule has 0 atom stereocenters. The number of hydrogen-bond donors (Lipinski definition) is 1. The van der Waals surface area contributed by atoms with Crippen LogP contribution >= 0.6 is 0 Å². The first-order valence-electron chi connectivity index (χ1n) is 6.77. The number of carbonyl (C=O) groups excluding carboxylic acids is 1. The lowest BCUT2D eigenvalue weighted by molar-refractivity contribution is 0.102. The van der Waals surface area contributed by atoms with Crippen LogP contribution in [-0.2, 0) is 0 Å². The van der Waals surface area contributed by atoms with Gasteiger partial charge in [-0.1, -0.05) is 0 Å². The van der Waals surface area contributed by atoms with E-state index in [2.05, 4.69) is 5.32 Å². The quantitative estimate of drug-likeness (QED) is 0.921. The lowest BCUT2D eigenvalue weighted by atomic mass is 10.1. The molecule has 2 aromatic rings. The Hall–Kier alpha value is -2.69. The van der Waals surface area contributed by atoms with Crippen molar-refractivity contribution in [2.24, 2.45) is 0 Å². The zero-order valence-electron chi connectivity index (χ0n) is 13.1. The van der Waals surface area contributed by atoms with Crippen molar-refractivity contribution in [3.05, 3.63) is 47.5 Å². The largest absolute Gasteiger partial charge is 0.497 e. The first-order valence-corrected chi connectivity index (χ1v) is 6.77. The third kappa shape index (κ3) is 3.31. The van der Waals surface area contributed by atoms with Crippen LogP contribution in [0.2, 0.25) is 0 Å². The third-order valence-electron chi connectivity index (χ3n) is 3.32. The van der Waals surface area contributed by atoms with Crippen LogP contribution < -0.4 is 19.5 Å². The molecule has 0 saturated carbocycles. The molecule has 22 heavy (non-hydrogen) atoms. The predicted molar refractivity (Wildman–Crippen MR) is 85.2 cm³/mol. The Labute approximate surface area is 129 Å². The minimum atomic E-state index is -0.205. The van der Waals surface area contributed by atoms with Crippen LogP contribution in [0, 0.1) is 6.92 Å². The highest BCUT2D eigenvalue weighted by atomic mass is 16.5. The molecule has 0 aromatic heterocycles. The molecule has 0 aliphatic heterocycles. The molecule has 5 heteroatoms. The zero-order chi connectivity index (χ0) is 16.1. The molecular formula is C17H19NO4. The summed E-state index contributed by atoms with van der Waals surface area (Å²) in [6.07, 6.45) is 0. The van der Waals surface area contributed by atoms with Crippen molar-refractivity contribution in [2.75, 3.05) is 26.6 Å². The van der Waals surface area contributed by atoms with Crippen LogP contribution in [0.1, 0.15) is 15.9 Å². The standard InChI is InChI=1S/C17H19NO4/c1-11-9-15(21-3)16(22-4)10-14(11)17(19)18-12-5-7-13(20-2)8-6-12/h5-10H,1-4H3,(H,18,19). The number of anilines is 1. The molecule has 0 spiro atoms. The molecule has 0 unspecified atom stereocenters. The van der Waals surface area contributed by atoms with E-state index in [1.807, 2.05) is 6.92 Å². The number of benzene rings is 2. The average molecular weight is 301 g/mol. The fraction of sp³-hybridized carbons (Fsp3) is 0.235. The van der Waals surface area contributed by atoms with Gasteiger partial charge in [0.1, 0.15) is 5.75 Å². The number of ether oxygens (including phenoxy) is 3. The third-order valence-corrected chi connectivity index (χ3v) is 3.32. The van der Waals surface area contributed by atoms with E-state index < -0.39 is 0 Å². The second kappa shape index (κ2) is 6.85. The number of hydrogen-bond acceptors (Lipinski definition) is 4. The molecule has 1 amide bonds. The number of nitrogens with one attached hydrogen (secondary N) is 1. The molecule has 5 nitrogen and oxygen atoms in total. The van der Waals surface area contributed by atoms with E-state index in [9.17, 15) is 4.79 Å². The molecular weight excluding hydrogens is 282 g/mol. The highest BCUT2D eigenvalue weighted by molar-refractivity contribution is 6.05. The van der Waals surface area contributed by atoms with Crippen LogP contribution in [0.15, 0.2) is 36.4 Å². The summed E-state index contributed by atoms with van der Waals surface area (Å²) in [6, 6.07) is 10.6. The Kier molecular flexibility index (Phi) is 4.88. The van der Waals surface area contributed by atoms with E-state index in [4.69, 9.17) is 14.2 Å². The normalized spacial score (nSPS) is 10.0. The van der Waals surface area contributed by atoms with Gasteiger partial charge in [-0.3, -0.25) is 4.79 Å². The van der Waals surface area contributed by atoms with Crippen LogP contribution in [0.4, 0.5) is 5.69 Å². The van der Waals surface area contributed by atoms with E-state index in [1.54, 1.807) is 57.7 Å². The smallest absolute Gasteiger partial charge is 0.256 e. The molecule has 0 saturated heterocycles. The molecule has 0 aliphatic rings. The fourth-order valence-electron chi connectivity index (χ4n) is 2.10. The lowest BCUT2D eigenvalue weighted by Crippen LogP contribution is -2.13. The highest BCUT2D eigenvalue weighted by Crippen LogP contribution is 2.30. The van der Waals surface area contributed by atoms with Gasteiger partial charge < -0.3 is 19.5 Å². The number of aryl methyl sites for hydroxylation is 1. The van der Waals surface area contributed by atoms with Gasteiger partial charge in [-0.2, -0.15) is 0 Å². The second-order valence-electron chi connectivity index (χ2n) is 4.70. The van der Waals surface area contributed by atoms with Gasteiger partial charge in [-0.25, -0.2) is 0 Å². The topological polar surface area (TPSA) is 56.8 Å². The minimum absolute atomic E-state index is 0.205. The highest BCUT2D eigenvalue weighted by Gasteiger charge is 2.14. The molecule has 0 radical (unpaired) electrons. The molecule has 0 aliphatic carbocycles. The van der Waals surface area contributed by atoms with Gasteiger partial charge >= 0.3 is 0 Å². The summed E-state index contributed by atoms with van der Waals surface area (Å²) in [7, 11) is 4.70. The van der Waals surface area contributed by atoms with Crippen LogP contribution in [0.3, 0.4) is 0 Å². The fourth-order valence-corrected chi connectivity index (χ4v) is 2.10. The monoisotopic (exact) mass is 301 g/mol. The summed E-state index contributed by atoms with van der Waals surface area (Å²) in [4.78, 5) is 12.4.